The molecule has 8 rings (SSSR count). The number of fused-ring (bicyclic) bond motifs is 4. The minimum atomic E-state index is -1.08. The average Bonchev–Trinajstić information content (AvgIpc) is 1.82. The van der Waals surface area contributed by atoms with Crippen molar-refractivity contribution < 1.29 is 57.2 Å². The number of allylic oxidation sites excluding steroid dienone is 2. The van der Waals surface area contributed by atoms with Crippen LogP contribution in [0.4, 0.5) is 16.2 Å². The van der Waals surface area contributed by atoms with Gasteiger partial charge in [0.25, 0.3) is 11.8 Å². The van der Waals surface area contributed by atoms with Gasteiger partial charge in [-0.3, -0.25) is 48.5 Å². The summed E-state index contributed by atoms with van der Waals surface area (Å²) in [5.74, 6) is -0.767. The summed E-state index contributed by atoms with van der Waals surface area (Å²) < 4.78 is 31.0. The molecule has 4 aliphatic rings. The minimum Gasteiger partial charge on any atom is -0.491 e. The molecule has 0 radical (unpaired) electrons. The van der Waals surface area contributed by atoms with E-state index in [2.05, 4.69) is 44.6 Å². The molecule has 21 nitrogen and oxygen atoms in total. The highest BCUT2D eigenvalue weighted by molar-refractivity contribution is 8.03. The molecule has 4 aliphatic heterocycles. The van der Waals surface area contributed by atoms with Gasteiger partial charge >= 0.3 is 12.1 Å². The standard InChI is InChI=1S/C63H80ClN9O12S/c1-40-41(2)86-61-54(40)56(43-20-22-44(64)23-21-43)67-49(57-70-69-42(3)72(57)61)39-52(75)66-45-24-26-46(27-25-45)83-38-37-82-36-32-71(62(80)84-33-15-13-11-9-7-8-10-12-14-19-53(76)85-63(4,5)6)31-35-81-34-30-65-48-18-16-17-47-55(48)60(79)73(59(47)78)50-28-29-51(74)68-58(50)77/h16-18,20-27,49-50,54,61,65H,7-15,19,28-39H2,1-6H3,(H,66,75)(H,68,74,77)/t49-,50?,54?,61?/m0/s1. The average molecular weight is 1220 g/mol. The van der Waals surface area contributed by atoms with E-state index in [1.807, 2.05) is 52.0 Å². The quantitative estimate of drug-likeness (QED) is 0.0241. The van der Waals surface area contributed by atoms with Gasteiger partial charge in [-0.05, 0) is 120 Å². The number of unbranched alkanes of at least 4 members (excludes halogenated alkanes) is 8. The number of carbonyl (C=O) groups is 7. The molecule has 3 N–H and O–H groups in total. The van der Waals surface area contributed by atoms with Gasteiger partial charge < -0.3 is 39.2 Å². The third-order valence-corrected chi connectivity index (χ3v) is 16.9. The van der Waals surface area contributed by atoms with Gasteiger partial charge in [-0.15, -0.1) is 22.0 Å². The molecule has 0 aliphatic carbocycles. The van der Waals surface area contributed by atoms with Crippen molar-refractivity contribution in [2.24, 2.45) is 10.9 Å². The second-order valence-corrected chi connectivity index (χ2v) is 24.6. The Bertz CT molecular complexity index is 3130. The van der Waals surface area contributed by atoms with Gasteiger partial charge in [0, 0.05) is 48.9 Å². The van der Waals surface area contributed by atoms with Gasteiger partial charge in [0.1, 0.15) is 35.9 Å². The van der Waals surface area contributed by atoms with Crippen LogP contribution in [-0.4, -0.2) is 143 Å². The number of nitrogens with one attached hydrogen (secondary N) is 3. The number of amides is 6. The molecule has 4 atom stereocenters. The van der Waals surface area contributed by atoms with Crippen LogP contribution >= 0.6 is 23.4 Å². The van der Waals surface area contributed by atoms with Gasteiger partial charge in [-0.2, -0.15) is 0 Å². The van der Waals surface area contributed by atoms with Gasteiger partial charge in [-0.25, -0.2) is 4.79 Å². The molecule has 1 aromatic heterocycles. The first-order valence-corrected chi connectivity index (χ1v) is 31.1. The van der Waals surface area contributed by atoms with E-state index in [-0.39, 0.29) is 113 Å². The molecular weight excluding hydrogens is 1140 g/mol. The van der Waals surface area contributed by atoms with E-state index in [9.17, 15) is 33.6 Å². The summed E-state index contributed by atoms with van der Waals surface area (Å²) >= 11 is 8.06. The maximum absolute atomic E-state index is 13.7. The zero-order valence-electron chi connectivity index (χ0n) is 50.1. The summed E-state index contributed by atoms with van der Waals surface area (Å²) in [7, 11) is 0. The van der Waals surface area contributed by atoms with Crippen LogP contribution in [0.1, 0.15) is 167 Å². The van der Waals surface area contributed by atoms with Crippen LogP contribution in [0.15, 0.2) is 82.2 Å². The highest BCUT2D eigenvalue weighted by Crippen LogP contribution is 2.53. The molecule has 86 heavy (non-hydrogen) atoms. The lowest BCUT2D eigenvalue weighted by atomic mass is 9.90. The molecule has 5 heterocycles. The van der Waals surface area contributed by atoms with E-state index in [0.29, 0.717) is 34.4 Å². The number of benzene rings is 3. The topological polar surface area (TPSA) is 251 Å². The van der Waals surface area contributed by atoms with Gasteiger partial charge in [0.05, 0.1) is 67.6 Å². The van der Waals surface area contributed by atoms with Crippen LogP contribution < -0.4 is 20.7 Å². The third kappa shape index (κ3) is 17.5. The molecule has 3 aromatic carbocycles. The van der Waals surface area contributed by atoms with Crippen molar-refractivity contribution in [3.05, 3.63) is 111 Å². The van der Waals surface area contributed by atoms with Crippen LogP contribution in [0.3, 0.4) is 0 Å². The summed E-state index contributed by atoms with van der Waals surface area (Å²) in [6.45, 7) is 13.8. The third-order valence-electron chi connectivity index (χ3n) is 15.3. The predicted octanol–water partition coefficient (Wildman–Crippen LogP) is 10.6. The number of esters is 1. The molecule has 6 amide bonds. The number of halogens is 1. The van der Waals surface area contributed by atoms with Crippen molar-refractivity contribution in [2.45, 2.75) is 148 Å². The monoisotopic (exact) mass is 1220 g/mol. The van der Waals surface area contributed by atoms with Crippen molar-refractivity contribution in [2.75, 3.05) is 69.9 Å². The van der Waals surface area contributed by atoms with Crippen molar-refractivity contribution >= 4 is 82.0 Å². The first-order valence-electron chi connectivity index (χ1n) is 29.9. The predicted molar refractivity (Wildman–Crippen MR) is 327 cm³/mol. The molecule has 1 fully saturated rings. The Balaban J connectivity index is 0.770. The van der Waals surface area contributed by atoms with Crippen LogP contribution in [0.2, 0.25) is 5.02 Å². The summed E-state index contributed by atoms with van der Waals surface area (Å²) in [5.41, 5.74) is 3.91. The molecule has 0 saturated carbocycles. The molecule has 0 spiro atoms. The number of hydrogen-bond donors (Lipinski definition) is 3. The Morgan fingerprint density at radius 2 is 1.48 bits per heavy atom. The number of piperidine rings is 1. The lowest BCUT2D eigenvalue weighted by molar-refractivity contribution is -0.155. The highest BCUT2D eigenvalue weighted by atomic mass is 35.5. The number of aromatic nitrogens is 3. The maximum atomic E-state index is 13.7. The smallest absolute Gasteiger partial charge is 0.409 e. The number of thioether (sulfide) groups is 1. The first-order chi connectivity index (χ1) is 41.4. The van der Waals surface area contributed by atoms with Gasteiger partial charge in [0.2, 0.25) is 17.7 Å². The molecule has 3 unspecified atom stereocenters. The number of ether oxygens (including phenoxy) is 5. The molecular formula is C63H80ClN9O12S. The molecule has 1 saturated heterocycles. The second-order valence-electron chi connectivity index (χ2n) is 22.8. The maximum Gasteiger partial charge on any atom is 0.409 e. The lowest BCUT2D eigenvalue weighted by Gasteiger charge is -2.27. The Morgan fingerprint density at radius 1 is 0.791 bits per heavy atom. The number of nitrogens with zero attached hydrogens (tertiary/aromatic N) is 6. The number of imide groups is 2. The summed E-state index contributed by atoms with van der Waals surface area (Å²) in [6, 6.07) is 17.9. The van der Waals surface area contributed by atoms with E-state index in [1.54, 1.807) is 48.2 Å². The Kier molecular flexibility index (Phi) is 23.4. The van der Waals surface area contributed by atoms with E-state index in [0.717, 1.165) is 79.8 Å². The Labute approximate surface area is 512 Å². The van der Waals surface area contributed by atoms with E-state index in [4.69, 9.17) is 40.3 Å². The van der Waals surface area contributed by atoms with Crippen LogP contribution in [0.25, 0.3) is 0 Å². The fourth-order valence-electron chi connectivity index (χ4n) is 10.8. The first kappa shape index (κ1) is 64.8. The van der Waals surface area contributed by atoms with E-state index in [1.165, 1.54) is 21.4 Å². The number of aryl methyl sites for hydroxylation is 1. The largest absolute Gasteiger partial charge is 0.491 e. The van der Waals surface area contributed by atoms with E-state index >= 15 is 0 Å². The fraction of sp³-hybridized carbons (Fsp3) is 0.524. The molecule has 23 heteroatoms. The minimum absolute atomic E-state index is 0.0226. The van der Waals surface area contributed by atoms with Crippen molar-refractivity contribution in [1.82, 2.24) is 29.9 Å². The van der Waals surface area contributed by atoms with Crippen molar-refractivity contribution in [1.29, 1.82) is 0 Å². The highest BCUT2D eigenvalue weighted by Gasteiger charge is 2.46. The Morgan fingerprint density at radius 3 is 2.17 bits per heavy atom. The molecule has 0 bridgehead atoms. The second kappa shape index (κ2) is 31.0. The molecule has 4 aromatic rings. The summed E-state index contributed by atoms with van der Waals surface area (Å²) in [5, 5.41) is 18.0. The zero-order chi connectivity index (χ0) is 61.3. The van der Waals surface area contributed by atoms with Crippen LogP contribution in [0, 0.1) is 12.8 Å². The number of hydrogen-bond acceptors (Lipinski definition) is 17. The SMILES string of the molecule is CC1=C(C)C2C(c3ccc(Cl)cc3)=N[C@@H](CC(=O)Nc3ccc(OCCOCCN(CCOCCNc4cccc5c4C(=O)N(C4CCC(=O)NC4=O)C5=O)C(=O)OCCCCCCCCCCCC(=O)OC(C)(C)C)cc3)c3nnc(C)n3C2S1. The van der Waals surface area contributed by atoms with Gasteiger partial charge in [0.15, 0.2) is 5.82 Å². The Hall–Kier alpha value is -7.14. The van der Waals surface area contributed by atoms with Crippen LogP contribution in [-0.2, 0) is 38.1 Å². The van der Waals surface area contributed by atoms with E-state index < -0.39 is 47.4 Å². The number of anilines is 2. The van der Waals surface area contributed by atoms with Crippen molar-refractivity contribution in [3.63, 3.8) is 0 Å². The normalized spacial score (nSPS) is 18.2. The zero-order valence-corrected chi connectivity index (χ0v) is 51.7. The number of carbonyl (C=O) groups excluding carboxylic acids is 7. The van der Waals surface area contributed by atoms with Crippen LogP contribution in [0.5, 0.6) is 5.75 Å². The summed E-state index contributed by atoms with van der Waals surface area (Å²) in [4.78, 5) is 99.3. The fourth-order valence-corrected chi connectivity index (χ4v) is 12.5. The lowest BCUT2D eigenvalue weighted by Crippen LogP contribution is -2.54. The van der Waals surface area contributed by atoms with Crippen molar-refractivity contribution in [3.8, 4) is 5.75 Å². The summed E-state index contributed by atoms with van der Waals surface area (Å²) in [6.07, 6.45) is 8.98. The molecule has 462 valence electrons. The van der Waals surface area contributed by atoms with Gasteiger partial charge in [-0.1, -0.05) is 80.3 Å². The number of aliphatic imine (C=N–C) groups is 1. The number of rotatable bonds is 31.